The van der Waals surface area contributed by atoms with Crippen LogP contribution in [0.4, 0.5) is 0 Å². The number of aromatic nitrogens is 3. The first-order valence-electron chi connectivity index (χ1n) is 10.2. The zero-order valence-electron chi connectivity index (χ0n) is 16.8. The van der Waals surface area contributed by atoms with E-state index < -0.39 is 0 Å². The third-order valence-electron chi connectivity index (χ3n) is 5.59. The summed E-state index contributed by atoms with van der Waals surface area (Å²) < 4.78 is 0. The Morgan fingerprint density at radius 3 is 2.79 bits per heavy atom. The number of hydrogen-bond acceptors (Lipinski definition) is 4. The fourth-order valence-electron chi connectivity index (χ4n) is 4.08. The first-order valence-corrected chi connectivity index (χ1v) is 10.2. The van der Waals surface area contributed by atoms with Crippen LogP contribution >= 0.6 is 0 Å². The maximum absolute atomic E-state index is 13.2. The Morgan fingerprint density at radius 1 is 1.14 bits per heavy atom. The number of amides is 1. The van der Waals surface area contributed by atoms with E-state index in [2.05, 4.69) is 51.0 Å². The van der Waals surface area contributed by atoms with Gasteiger partial charge in [-0.3, -0.25) is 14.7 Å². The third kappa shape index (κ3) is 4.54. The molecule has 2 aromatic heterocycles. The number of likely N-dealkylation sites (N-methyl/N-ethyl adjacent to an activating group) is 1. The maximum Gasteiger partial charge on any atom is 0.227 e. The molecule has 1 atom stereocenters. The van der Waals surface area contributed by atoms with E-state index in [0.717, 1.165) is 56.1 Å². The lowest BCUT2D eigenvalue weighted by molar-refractivity contribution is -0.134. The number of pyridine rings is 1. The van der Waals surface area contributed by atoms with Gasteiger partial charge in [-0.25, -0.2) is 4.98 Å². The summed E-state index contributed by atoms with van der Waals surface area (Å²) in [5.74, 6) is 1.11. The summed E-state index contributed by atoms with van der Waals surface area (Å²) in [6.07, 6.45) is 8.01. The zero-order valence-corrected chi connectivity index (χ0v) is 16.8. The predicted molar refractivity (Wildman–Crippen MR) is 113 cm³/mol. The van der Waals surface area contributed by atoms with E-state index in [0.29, 0.717) is 0 Å². The summed E-state index contributed by atoms with van der Waals surface area (Å²) in [6, 6.07) is 12.4. The second-order valence-electron chi connectivity index (χ2n) is 7.49. The lowest BCUT2D eigenvalue weighted by atomic mass is 9.91. The van der Waals surface area contributed by atoms with Gasteiger partial charge in [-0.05, 0) is 30.5 Å². The number of H-pyrrole nitrogens is 1. The molecule has 1 aromatic carbocycles. The van der Waals surface area contributed by atoms with Gasteiger partial charge in [-0.15, -0.1) is 0 Å². The van der Waals surface area contributed by atoms with E-state index in [9.17, 15) is 4.79 Å². The highest BCUT2D eigenvalue weighted by Crippen LogP contribution is 2.27. The van der Waals surface area contributed by atoms with Crippen LogP contribution in [0.25, 0.3) is 11.1 Å². The van der Waals surface area contributed by atoms with Gasteiger partial charge in [0.05, 0.1) is 12.5 Å². The zero-order chi connectivity index (χ0) is 20.1. The minimum Gasteiger partial charge on any atom is -0.348 e. The number of nitrogens with one attached hydrogen (secondary N) is 1. The monoisotopic (exact) mass is 389 g/mol. The summed E-state index contributed by atoms with van der Waals surface area (Å²) in [7, 11) is 0. The van der Waals surface area contributed by atoms with Crippen molar-refractivity contribution in [3.05, 3.63) is 72.6 Å². The van der Waals surface area contributed by atoms with Crippen molar-refractivity contribution in [1.82, 2.24) is 24.8 Å². The fourth-order valence-corrected chi connectivity index (χ4v) is 4.08. The van der Waals surface area contributed by atoms with E-state index in [1.807, 2.05) is 29.4 Å². The molecule has 0 bridgehead atoms. The van der Waals surface area contributed by atoms with Crippen molar-refractivity contribution in [3.63, 3.8) is 0 Å². The summed E-state index contributed by atoms with van der Waals surface area (Å²) in [4.78, 5) is 29.4. The molecule has 150 valence electrons. The molecular weight excluding hydrogens is 362 g/mol. The van der Waals surface area contributed by atoms with E-state index in [-0.39, 0.29) is 11.8 Å². The summed E-state index contributed by atoms with van der Waals surface area (Å²) in [5, 5.41) is 0. The van der Waals surface area contributed by atoms with Crippen LogP contribution in [0.1, 0.15) is 18.3 Å². The predicted octanol–water partition coefficient (Wildman–Crippen LogP) is 2.99. The van der Waals surface area contributed by atoms with Crippen molar-refractivity contribution in [2.75, 3.05) is 26.2 Å². The van der Waals surface area contributed by atoms with Crippen molar-refractivity contribution in [2.45, 2.75) is 19.9 Å². The minimum atomic E-state index is -0.0785. The number of carbonyl (C=O) groups excluding carboxylic acids is 1. The molecule has 1 aliphatic heterocycles. The molecular formula is C23H27N5O. The minimum absolute atomic E-state index is 0.0785. The summed E-state index contributed by atoms with van der Waals surface area (Å²) in [5.41, 5.74) is 3.43. The lowest BCUT2D eigenvalue weighted by Gasteiger charge is -2.24. The van der Waals surface area contributed by atoms with Crippen molar-refractivity contribution in [3.8, 4) is 11.1 Å². The largest absolute Gasteiger partial charge is 0.348 e. The van der Waals surface area contributed by atoms with Crippen LogP contribution < -0.4 is 0 Å². The van der Waals surface area contributed by atoms with E-state index in [1.54, 1.807) is 12.4 Å². The molecule has 0 radical (unpaired) electrons. The molecule has 3 heterocycles. The molecule has 1 amide bonds. The average Bonchev–Trinajstić information content (AvgIpc) is 3.22. The molecule has 6 nitrogen and oxygen atoms in total. The van der Waals surface area contributed by atoms with Gasteiger partial charge in [0.15, 0.2) is 0 Å². The van der Waals surface area contributed by atoms with E-state index in [4.69, 9.17) is 0 Å². The molecule has 1 saturated heterocycles. The normalized spacial score (nSPS) is 18.0. The third-order valence-corrected chi connectivity index (χ3v) is 5.59. The number of nitrogens with zero attached hydrogens (tertiary/aromatic N) is 4. The average molecular weight is 390 g/mol. The van der Waals surface area contributed by atoms with Crippen LogP contribution in [0.2, 0.25) is 0 Å². The Labute approximate surface area is 171 Å². The Morgan fingerprint density at radius 2 is 2.03 bits per heavy atom. The molecule has 0 spiro atoms. The molecule has 0 saturated carbocycles. The Kier molecular flexibility index (Phi) is 6.00. The van der Waals surface area contributed by atoms with Crippen LogP contribution in [0.15, 0.2) is 61.2 Å². The number of aromatic amines is 1. The first-order chi connectivity index (χ1) is 14.2. The Bertz CT molecular complexity index is 925. The van der Waals surface area contributed by atoms with Crippen LogP contribution in [0, 0.1) is 5.92 Å². The maximum atomic E-state index is 13.2. The second kappa shape index (κ2) is 9.01. The molecule has 1 aliphatic rings. The van der Waals surface area contributed by atoms with E-state index >= 15 is 0 Å². The SMILES string of the molecule is CCN1CCN(Cc2ncc[nH]2)C[C@H](Cc2ccccc2-c2cccnc2)C1=O. The van der Waals surface area contributed by atoms with Gasteiger partial charge in [0, 0.05) is 56.5 Å². The van der Waals surface area contributed by atoms with Gasteiger partial charge in [0.2, 0.25) is 5.91 Å². The van der Waals surface area contributed by atoms with Crippen molar-refractivity contribution in [1.29, 1.82) is 0 Å². The number of rotatable bonds is 6. The standard InChI is InChI=1S/C23H27N5O/c1-2-28-13-12-27(17-22-25-10-11-26-22)16-20(23(28)29)14-18-6-3-4-8-21(18)19-7-5-9-24-15-19/h3-11,15,20H,2,12-14,16-17H2,1H3,(H,25,26)/t20-/m0/s1. The van der Waals surface area contributed by atoms with Crippen LogP contribution in [0.5, 0.6) is 0 Å². The molecule has 1 fully saturated rings. The molecule has 6 heteroatoms. The number of imidazole rings is 1. The van der Waals surface area contributed by atoms with Gasteiger partial charge in [0.25, 0.3) is 0 Å². The highest BCUT2D eigenvalue weighted by Gasteiger charge is 2.30. The second-order valence-corrected chi connectivity index (χ2v) is 7.49. The highest BCUT2D eigenvalue weighted by molar-refractivity contribution is 5.80. The fraction of sp³-hybridized carbons (Fsp3) is 0.348. The van der Waals surface area contributed by atoms with Crippen molar-refractivity contribution in [2.24, 2.45) is 5.92 Å². The van der Waals surface area contributed by atoms with Gasteiger partial charge in [0.1, 0.15) is 5.82 Å². The quantitative estimate of drug-likeness (QED) is 0.704. The number of carbonyl (C=O) groups is 1. The Balaban J connectivity index is 1.59. The number of hydrogen-bond donors (Lipinski definition) is 1. The molecule has 4 rings (SSSR count). The van der Waals surface area contributed by atoms with Crippen LogP contribution in [0.3, 0.4) is 0 Å². The van der Waals surface area contributed by atoms with Gasteiger partial charge < -0.3 is 9.88 Å². The van der Waals surface area contributed by atoms with Gasteiger partial charge >= 0.3 is 0 Å². The van der Waals surface area contributed by atoms with Gasteiger partial charge in [-0.2, -0.15) is 0 Å². The molecule has 0 aliphatic carbocycles. The van der Waals surface area contributed by atoms with E-state index in [1.165, 1.54) is 5.56 Å². The van der Waals surface area contributed by atoms with Crippen molar-refractivity contribution >= 4 is 5.91 Å². The Hall–Kier alpha value is -2.99. The lowest BCUT2D eigenvalue weighted by Crippen LogP contribution is -2.37. The van der Waals surface area contributed by atoms with Crippen LogP contribution in [-0.2, 0) is 17.8 Å². The topological polar surface area (TPSA) is 65.1 Å². The molecule has 1 N–H and O–H groups in total. The van der Waals surface area contributed by atoms with Crippen molar-refractivity contribution < 1.29 is 4.79 Å². The summed E-state index contributed by atoms with van der Waals surface area (Å²) >= 11 is 0. The first kappa shape index (κ1) is 19.3. The molecule has 29 heavy (non-hydrogen) atoms. The highest BCUT2D eigenvalue weighted by atomic mass is 16.2. The smallest absolute Gasteiger partial charge is 0.227 e. The number of benzene rings is 1. The molecule has 0 unspecified atom stereocenters. The van der Waals surface area contributed by atoms with Crippen LogP contribution in [-0.4, -0.2) is 56.8 Å². The van der Waals surface area contributed by atoms with Gasteiger partial charge in [-0.1, -0.05) is 30.3 Å². The molecule has 3 aromatic rings. The summed E-state index contributed by atoms with van der Waals surface area (Å²) in [6.45, 7) is 5.89.